The Kier molecular flexibility index (Phi) is 5.00. The zero-order valence-electron chi connectivity index (χ0n) is 14.8. The molecule has 0 saturated carbocycles. The Morgan fingerprint density at radius 1 is 1.07 bits per heavy atom. The Balaban J connectivity index is 1.51. The van der Waals surface area contributed by atoms with Crippen LogP contribution >= 0.6 is 11.6 Å². The number of ketones is 1. The van der Waals surface area contributed by atoms with E-state index in [1.54, 1.807) is 42.5 Å². The third-order valence-electron chi connectivity index (χ3n) is 4.37. The number of benzene rings is 2. The lowest BCUT2D eigenvalue weighted by molar-refractivity contribution is 0.104. The summed E-state index contributed by atoms with van der Waals surface area (Å²) in [7, 11) is 0. The molecule has 1 aromatic heterocycles. The molecule has 1 fully saturated rings. The van der Waals surface area contributed by atoms with Crippen molar-refractivity contribution in [1.29, 1.82) is 0 Å². The van der Waals surface area contributed by atoms with E-state index >= 15 is 0 Å². The molecule has 4 rings (SSSR count). The average Bonchev–Trinajstić information content (AvgIpc) is 3.35. The summed E-state index contributed by atoms with van der Waals surface area (Å²) < 4.78 is 10.7. The van der Waals surface area contributed by atoms with Crippen LogP contribution in [0.2, 0.25) is 5.02 Å². The molecule has 1 aliphatic heterocycles. The maximum Gasteiger partial charge on any atom is 0.414 e. The Bertz CT molecular complexity index is 1070. The van der Waals surface area contributed by atoms with Crippen LogP contribution in [-0.4, -0.2) is 25.0 Å². The molecule has 0 spiro atoms. The molecular weight excluding hydrogens is 378 g/mol. The first-order chi connectivity index (χ1) is 13.6. The SMILES string of the molecule is O=C(C=Cc1ccc(-c2ccccc2Cl)o1)c1cccc(N2CCOC2=O)c1. The predicted molar refractivity (Wildman–Crippen MR) is 108 cm³/mol. The summed E-state index contributed by atoms with van der Waals surface area (Å²) in [6.07, 6.45) is 2.65. The molecule has 0 N–H and O–H groups in total. The largest absolute Gasteiger partial charge is 0.457 e. The molecule has 2 heterocycles. The van der Waals surface area contributed by atoms with Crippen LogP contribution in [0.3, 0.4) is 0 Å². The lowest BCUT2D eigenvalue weighted by Crippen LogP contribution is -2.23. The number of hydrogen-bond acceptors (Lipinski definition) is 4. The fraction of sp³-hybridized carbons (Fsp3) is 0.0909. The van der Waals surface area contributed by atoms with E-state index in [2.05, 4.69) is 0 Å². The molecule has 0 bridgehead atoms. The average molecular weight is 394 g/mol. The van der Waals surface area contributed by atoms with Crippen molar-refractivity contribution in [1.82, 2.24) is 0 Å². The standard InChI is InChI=1S/C22H16ClNO4/c23-19-7-2-1-6-18(19)21-11-9-17(28-21)8-10-20(25)15-4-3-5-16(14-15)24-12-13-27-22(24)26/h1-11,14H,12-13H2. The van der Waals surface area contributed by atoms with Gasteiger partial charge in [-0.05, 0) is 48.6 Å². The summed E-state index contributed by atoms with van der Waals surface area (Å²) in [6.45, 7) is 0.826. The van der Waals surface area contributed by atoms with Crippen molar-refractivity contribution in [3.63, 3.8) is 0 Å². The van der Waals surface area contributed by atoms with Crippen molar-refractivity contribution < 1.29 is 18.7 Å². The first kappa shape index (κ1) is 18.1. The van der Waals surface area contributed by atoms with Crippen LogP contribution in [-0.2, 0) is 4.74 Å². The number of amides is 1. The number of furan rings is 1. The van der Waals surface area contributed by atoms with E-state index in [1.165, 1.54) is 11.0 Å². The van der Waals surface area contributed by atoms with Gasteiger partial charge in [-0.25, -0.2) is 4.79 Å². The van der Waals surface area contributed by atoms with Gasteiger partial charge >= 0.3 is 6.09 Å². The van der Waals surface area contributed by atoms with Crippen LogP contribution in [0, 0.1) is 0 Å². The fourth-order valence-corrected chi connectivity index (χ4v) is 3.19. The first-order valence-electron chi connectivity index (χ1n) is 8.73. The van der Waals surface area contributed by atoms with Crippen LogP contribution in [0.4, 0.5) is 10.5 Å². The molecule has 0 unspecified atom stereocenters. The summed E-state index contributed by atoms with van der Waals surface area (Å²) in [5.74, 6) is 0.986. The molecule has 0 aliphatic carbocycles. The molecule has 6 heteroatoms. The van der Waals surface area contributed by atoms with E-state index < -0.39 is 6.09 Å². The van der Waals surface area contributed by atoms with Crippen LogP contribution in [0.1, 0.15) is 16.1 Å². The van der Waals surface area contributed by atoms with E-state index in [-0.39, 0.29) is 5.78 Å². The number of nitrogens with zero attached hydrogens (tertiary/aromatic N) is 1. The van der Waals surface area contributed by atoms with E-state index in [9.17, 15) is 9.59 Å². The molecule has 3 aromatic rings. The zero-order valence-corrected chi connectivity index (χ0v) is 15.6. The van der Waals surface area contributed by atoms with Crippen molar-refractivity contribution >= 4 is 35.2 Å². The van der Waals surface area contributed by atoms with Gasteiger partial charge in [0.2, 0.25) is 0 Å². The highest BCUT2D eigenvalue weighted by atomic mass is 35.5. The van der Waals surface area contributed by atoms with Gasteiger partial charge < -0.3 is 9.15 Å². The van der Waals surface area contributed by atoms with Crippen molar-refractivity contribution in [3.05, 3.63) is 83.1 Å². The number of ether oxygens (including phenoxy) is 1. The monoisotopic (exact) mass is 393 g/mol. The molecule has 28 heavy (non-hydrogen) atoms. The van der Waals surface area contributed by atoms with E-state index in [4.69, 9.17) is 20.8 Å². The van der Waals surface area contributed by atoms with Crippen molar-refractivity contribution in [2.24, 2.45) is 0 Å². The van der Waals surface area contributed by atoms with Crippen molar-refractivity contribution in [3.8, 4) is 11.3 Å². The third-order valence-corrected chi connectivity index (χ3v) is 4.70. The normalized spacial score (nSPS) is 13.9. The Labute approximate surface area is 166 Å². The Morgan fingerprint density at radius 3 is 2.71 bits per heavy atom. The number of carbonyl (C=O) groups excluding carboxylic acids is 2. The topological polar surface area (TPSA) is 59.8 Å². The van der Waals surface area contributed by atoms with Crippen LogP contribution in [0.15, 0.2) is 71.2 Å². The van der Waals surface area contributed by atoms with E-state index in [1.807, 2.05) is 24.3 Å². The highest BCUT2D eigenvalue weighted by Gasteiger charge is 2.23. The summed E-state index contributed by atoms with van der Waals surface area (Å²) in [5, 5.41) is 0.598. The molecule has 1 amide bonds. The van der Waals surface area contributed by atoms with Gasteiger partial charge in [-0.3, -0.25) is 9.69 Å². The maximum atomic E-state index is 12.5. The van der Waals surface area contributed by atoms with Gasteiger partial charge in [0, 0.05) is 16.8 Å². The number of hydrogen-bond donors (Lipinski definition) is 0. The number of anilines is 1. The minimum absolute atomic E-state index is 0.190. The first-order valence-corrected chi connectivity index (χ1v) is 9.11. The lowest BCUT2D eigenvalue weighted by Gasteiger charge is -2.13. The molecule has 1 aliphatic rings. The summed E-state index contributed by atoms with van der Waals surface area (Å²) in [6, 6.07) is 17.9. The fourth-order valence-electron chi connectivity index (χ4n) is 2.96. The molecule has 2 aromatic carbocycles. The highest BCUT2D eigenvalue weighted by Crippen LogP contribution is 2.29. The molecular formula is C22H16ClNO4. The molecule has 0 atom stereocenters. The third kappa shape index (κ3) is 3.70. The number of cyclic esters (lactones) is 1. The quantitative estimate of drug-likeness (QED) is 0.427. The summed E-state index contributed by atoms with van der Waals surface area (Å²) >= 11 is 6.19. The van der Waals surface area contributed by atoms with Crippen molar-refractivity contribution in [2.45, 2.75) is 0 Å². The predicted octanol–water partition coefficient (Wildman–Crippen LogP) is 5.45. The second-order valence-corrected chi connectivity index (χ2v) is 6.60. The van der Waals surface area contributed by atoms with Gasteiger partial charge in [0.1, 0.15) is 18.1 Å². The number of carbonyl (C=O) groups is 2. The lowest BCUT2D eigenvalue weighted by atomic mass is 10.1. The van der Waals surface area contributed by atoms with Gasteiger partial charge in [-0.15, -0.1) is 0 Å². The van der Waals surface area contributed by atoms with E-state index in [0.717, 1.165) is 5.56 Å². The number of allylic oxidation sites excluding steroid dienone is 1. The second-order valence-electron chi connectivity index (χ2n) is 6.20. The van der Waals surface area contributed by atoms with Crippen LogP contribution in [0.5, 0.6) is 0 Å². The molecule has 1 saturated heterocycles. The van der Waals surface area contributed by atoms with Gasteiger partial charge in [-0.2, -0.15) is 0 Å². The Hall–Kier alpha value is -3.31. The van der Waals surface area contributed by atoms with E-state index in [0.29, 0.717) is 40.9 Å². The van der Waals surface area contributed by atoms with Gasteiger partial charge in [0.15, 0.2) is 5.78 Å². The maximum absolute atomic E-state index is 12.5. The highest BCUT2D eigenvalue weighted by molar-refractivity contribution is 6.33. The molecule has 0 radical (unpaired) electrons. The smallest absolute Gasteiger partial charge is 0.414 e. The minimum Gasteiger partial charge on any atom is -0.457 e. The summed E-state index contributed by atoms with van der Waals surface area (Å²) in [5.41, 5.74) is 1.91. The number of halogens is 1. The van der Waals surface area contributed by atoms with Crippen LogP contribution in [0.25, 0.3) is 17.4 Å². The second kappa shape index (κ2) is 7.74. The molecule has 5 nitrogen and oxygen atoms in total. The van der Waals surface area contributed by atoms with Gasteiger partial charge in [0.25, 0.3) is 0 Å². The van der Waals surface area contributed by atoms with Gasteiger partial charge in [-0.1, -0.05) is 35.9 Å². The molecule has 140 valence electrons. The minimum atomic E-state index is -0.400. The zero-order chi connectivity index (χ0) is 19.5. The van der Waals surface area contributed by atoms with Crippen LogP contribution < -0.4 is 4.90 Å². The Morgan fingerprint density at radius 2 is 1.93 bits per heavy atom. The van der Waals surface area contributed by atoms with Gasteiger partial charge in [0.05, 0.1) is 11.6 Å². The number of rotatable bonds is 5. The van der Waals surface area contributed by atoms with Crippen molar-refractivity contribution in [2.75, 3.05) is 18.1 Å². The summed E-state index contributed by atoms with van der Waals surface area (Å²) in [4.78, 5) is 25.7.